The zero-order chi connectivity index (χ0) is 15.9. The van der Waals surface area contributed by atoms with E-state index in [0.717, 1.165) is 42.8 Å². The van der Waals surface area contributed by atoms with Crippen molar-refractivity contribution in [2.75, 3.05) is 5.32 Å². The summed E-state index contributed by atoms with van der Waals surface area (Å²) >= 11 is 0. The lowest BCUT2D eigenvalue weighted by molar-refractivity contribution is -0.120. The molecule has 1 aliphatic carbocycles. The third-order valence-electron chi connectivity index (χ3n) is 4.52. The summed E-state index contributed by atoms with van der Waals surface area (Å²) in [7, 11) is -0.880. The van der Waals surface area contributed by atoms with Gasteiger partial charge in [-0.3, -0.25) is 9.00 Å². The van der Waals surface area contributed by atoms with Crippen LogP contribution in [0.2, 0.25) is 0 Å². The zero-order valence-electron chi connectivity index (χ0n) is 13.6. The molecule has 1 unspecified atom stereocenters. The largest absolute Gasteiger partial charge is 0.310 e. The first-order valence-corrected chi connectivity index (χ1v) is 9.62. The summed E-state index contributed by atoms with van der Waals surface area (Å²) in [5, 5.41) is 7.73. The van der Waals surface area contributed by atoms with Crippen molar-refractivity contribution in [1.29, 1.82) is 0 Å². The lowest BCUT2D eigenvalue weighted by atomic mass is 9.88. The molecule has 1 amide bonds. The molecule has 0 bridgehead atoms. The summed E-state index contributed by atoms with van der Waals surface area (Å²) < 4.78 is 13.7. The van der Waals surface area contributed by atoms with Crippen LogP contribution in [0.15, 0.2) is 0 Å². The molecule has 0 saturated heterocycles. The lowest BCUT2D eigenvalue weighted by Gasteiger charge is -2.25. The number of hydrogen-bond donors (Lipinski definition) is 1. The standard InChI is InChI=1S/C16H25N3O2S/c1-16(2,3)19-14(12-9-22(21)10-13(12)18-19)17-15(20)11-7-5-4-6-8-11/h11H,4-10H2,1-3H3,(H,17,20). The number of aromatic nitrogens is 2. The van der Waals surface area contributed by atoms with Gasteiger partial charge in [-0.25, -0.2) is 4.68 Å². The summed E-state index contributed by atoms with van der Waals surface area (Å²) in [6.45, 7) is 6.22. The van der Waals surface area contributed by atoms with E-state index >= 15 is 0 Å². The molecule has 1 saturated carbocycles. The number of nitrogens with one attached hydrogen (secondary N) is 1. The van der Waals surface area contributed by atoms with Gasteiger partial charge in [-0.1, -0.05) is 19.3 Å². The first-order chi connectivity index (χ1) is 10.4. The van der Waals surface area contributed by atoms with Crippen LogP contribution in [0.4, 0.5) is 5.82 Å². The van der Waals surface area contributed by atoms with Gasteiger partial charge < -0.3 is 5.32 Å². The molecule has 0 spiro atoms. The molecule has 22 heavy (non-hydrogen) atoms. The average Bonchev–Trinajstić information content (AvgIpc) is 2.97. The van der Waals surface area contributed by atoms with Gasteiger partial charge in [0.15, 0.2) is 0 Å². The zero-order valence-corrected chi connectivity index (χ0v) is 14.5. The van der Waals surface area contributed by atoms with E-state index < -0.39 is 10.8 Å². The number of carbonyl (C=O) groups is 1. The van der Waals surface area contributed by atoms with Crippen molar-refractivity contribution in [3.8, 4) is 0 Å². The van der Waals surface area contributed by atoms with Gasteiger partial charge in [0.05, 0.1) is 22.7 Å². The van der Waals surface area contributed by atoms with Crippen LogP contribution < -0.4 is 5.32 Å². The minimum absolute atomic E-state index is 0.102. The molecular formula is C16H25N3O2S. The van der Waals surface area contributed by atoms with Crippen LogP contribution in [0.3, 0.4) is 0 Å². The van der Waals surface area contributed by atoms with E-state index in [4.69, 9.17) is 0 Å². The van der Waals surface area contributed by atoms with Crippen LogP contribution >= 0.6 is 0 Å². The topological polar surface area (TPSA) is 64.0 Å². The Balaban J connectivity index is 1.88. The maximum atomic E-state index is 12.6. The van der Waals surface area contributed by atoms with Gasteiger partial charge in [0.1, 0.15) is 5.82 Å². The van der Waals surface area contributed by atoms with Gasteiger partial charge in [-0.2, -0.15) is 5.10 Å². The highest BCUT2D eigenvalue weighted by molar-refractivity contribution is 7.83. The Kier molecular flexibility index (Phi) is 4.14. The summed E-state index contributed by atoms with van der Waals surface area (Å²) in [4.78, 5) is 12.6. The molecule has 1 fully saturated rings. The first kappa shape index (κ1) is 15.7. The Morgan fingerprint density at radius 2 is 1.91 bits per heavy atom. The van der Waals surface area contributed by atoms with Crippen LogP contribution in [0, 0.1) is 5.92 Å². The van der Waals surface area contributed by atoms with Gasteiger partial charge in [0.25, 0.3) is 0 Å². The molecule has 5 nitrogen and oxygen atoms in total. The Bertz CT molecular complexity index is 610. The van der Waals surface area contributed by atoms with Crippen LogP contribution in [-0.4, -0.2) is 19.9 Å². The van der Waals surface area contributed by atoms with Gasteiger partial charge in [-0.05, 0) is 33.6 Å². The van der Waals surface area contributed by atoms with Gasteiger partial charge in [0, 0.05) is 22.3 Å². The fourth-order valence-corrected chi connectivity index (χ4v) is 4.59. The molecule has 1 N–H and O–H groups in total. The molecule has 1 atom stereocenters. The predicted octanol–water partition coefficient (Wildman–Crippen LogP) is 2.92. The van der Waals surface area contributed by atoms with Crippen molar-refractivity contribution in [3.05, 3.63) is 11.3 Å². The smallest absolute Gasteiger partial charge is 0.228 e. The van der Waals surface area contributed by atoms with Crippen molar-refractivity contribution in [2.45, 2.75) is 69.9 Å². The Morgan fingerprint density at radius 3 is 2.55 bits per heavy atom. The highest BCUT2D eigenvalue weighted by Gasteiger charge is 2.32. The van der Waals surface area contributed by atoms with E-state index in [9.17, 15) is 9.00 Å². The fourth-order valence-electron chi connectivity index (χ4n) is 3.33. The number of fused-ring (bicyclic) bond motifs is 1. The van der Waals surface area contributed by atoms with Crippen molar-refractivity contribution in [2.24, 2.45) is 5.92 Å². The van der Waals surface area contributed by atoms with E-state index in [0.29, 0.717) is 11.5 Å². The fraction of sp³-hybridized carbons (Fsp3) is 0.750. The number of nitrogens with zero attached hydrogens (tertiary/aromatic N) is 2. The van der Waals surface area contributed by atoms with Crippen molar-refractivity contribution < 1.29 is 9.00 Å². The average molecular weight is 323 g/mol. The van der Waals surface area contributed by atoms with E-state index in [1.54, 1.807) is 0 Å². The maximum absolute atomic E-state index is 12.6. The lowest BCUT2D eigenvalue weighted by Crippen LogP contribution is -2.30. The minimum atomic E-state index is -0.880. The molecule has 122 valence electrons. The molecule has 1 aliphatic heterocycles. The molecule has 0 radical (unpaired) electrons. The molecule has 1 aromatic rings. The molecule has 3 rings (SSSR count). The number of anilines is 1. The molecular weight excluding hydrogens is 298 g/mol. The third-order valence-corrected chi connectivity index (χ3v) is 5.73. The van der Waals surface area contributed by atoms with E-state index in [1.165, 1.54) is 6.42 Å². The second kappa shape index (κ2) is 5.80. The number of rotatable bonds is 2. The quantitative estimate of drug-likeness (QED) is 0.910. The molecule has 0 aromatic carbocycles. The van der Waals surface area contributed by atoms with Crippen LogP contribution in [0.1, 0.15) is 64.1 Å². The van der Waals surface area contributed by atoms with Crippen molar-refractivity contribution in [1.82, 2.24) is 9.78 Å². The molecule has 6 heteroatoms. The summed E-state index contributed by atoms with van der Waals surface area (Å²) in [6.07, 6.45) is 5.46. The molecule has 2 aliphatic rings. The van der Waals surface area contributed by atoms with Crippen LogP contribution in [0.5, 0.6) is 0 Å². The Hall–Kier alpha value is -1.17. The second-order valence-corrected chi connectivity index (χ2v) is 8.87. The van der Waals surface area contributed by atoms with Crippen molar-refractivity contribution in [3.63, 3.8) is 0 Å². The Morgan fingerprint density at radius 1 is 1.23 bits per heavy atom. The third kappa shape index (κ3) is 2.98. The van der Waals surface area contributed by atoms with Crippen molar-refractivity contribution >= 4 is 22.5 Å². The second-order valence-electron chi connectivity index (χ2n) is 7.41. The summed E-state index contributed by atoms with van der Waals surface area (Å²) in [5.41, 5.74) is 1.64. The van der Waals surface area contributed by atoms with E-state index in [2.05, 4.69) is 31.2 Å². The number of carbonyl (C=O) groups excluding carboxylic acids is 1. The van der Waals surface area contributed by atoms with Gasteiger partial charge in [-0.15, -0.1) is 0 Å². The molecule has 1 aromatic heterocycles. The van der Waals surface area contributed by atoms with E-state index in [-0.39, 0.29) is 17.4 Å². The number of hydrogen-bond acceptors (Lipinski definition) is 3. The predicted molar refractivity (Wildman–Crippen MR) is 88.0 cm³/mol. The van der Waals surface area contributed by atoms with Gasteiger partial charge in [0.2, 0.25) is 5.91 Å². The summed E-state index contributed by atoms with van der Waals surface area (Å²) in [6, 6.07) is 0. The maximum Gasteiger partial charge on any atom is 0.228 e. The molecule has 2 heterocycles. The minimum Gasteiger partial charge on any atom is -0.310 e. The Labute approximate surface area is 134 Å². The highest BCUT2D eigenvalue weighted by atomic mass is 32.2. The summed E-state index contributed by atoms with van der Waals surface area (Å²) in [5.74, 6) is 1.99. The van der Waals surface area contributed by atoms with Crippen LogP contribution in [-0.2, 0) is 32.6 Å². The highest BCUT2D eigenvalue weighted by Crippen LogP contribution is 2.34. The number of amides is 1. The SMILES string of the molecule is CC(C)(C)n1nc2c(c1NC(=O)C1CCCCC1)CS(=O)C2. The normalized spacial score (nSPS) is 22.6. The van der Waals surface area contributed by atoms with Gasteiger partial charge >= 0.3 is 0 Å². The van der Waals surface area contributed by atoms with Crippen LogP contribution in [0.25, 0.3) is 0 Å². The first-order valence-electron chi connectivity index (χ1n) is 8.13. The monoisotopic (exact) mass is 323 g/mol. The van der Waals surface area contributed by atoms with E-state index in [1.807, 2.05) is 4.68 Å².